The minimum atomic E-state index is 0.527. The summed E-state index contributed by atoms with van der Waals surface area (Å²) in [7, 11) is 3.99. The van der Waals surface area contributed by atoms with Crippen LogP contribution in [0.1, 0.15) is 23.1 Å². The number of nitrogens with zero attached hydrogens (tertiary/aromatic N) is 3. The number of hydrogen-bond acceptors (Lipinski definition) is 3. The first kappa shape index (κ1) is 13.4. The lowest BCUT2D eigenvalue weighted by atomic mass is 10.0. The second-order valence-electron chi connectivity index (χ2n) is 5.12. The minimum Gasteiger partial charge on any atom is -0.362 e. The maximum Gasteiger partial charge on any atom is 0.132 e. The fraction of sp³-hybridized carbons (Fsp3) is 0.375. The van der Waals surface area contributed by atoms with Crippen LogP contribution in [-0.2, 0) is 6.42 Å². The molecule has 0 radical (unpaired) electrons. The molecule has 0 aliphatic rings. The average molecular weight is 253 g/mol. The lowest BCUT2D eigenvalue weighted by molar-refractivity contribution is 0.968. The van der Waals surface area contributed by atoms with Crippen LogP contribution in [0.25, 0.3) is 10.9 Å². The van der Waals surface area contributed by atoms with Gasteiger partial charge in [0.15, 0.2) is 0 Å². The summed E-state index contributed by atoms with van der Waals surface area (Å²) in [6.45, 7) is 4.19. The lowest BCUT2D eigenvalue weighted by Crippen LogP contribution is -2.14. The number of hydrogen-bond donors (Lipinski definition) is 0. The van der Waals surface area contributed by atoms with Gasteiger partial charge in [-0.15, -0.1) is 0 Å². The molecule has 0 bridgehead atoms. The first-order valence-electron chi connectivity index (χ1n) is 6.48. The van der Waals surface area contributed by atoms with Gasteiger partial charge in [-0.2, -0.15) is 5.26 Å². The van der Waals surface area contributed by atoms with Crippen LogP contribution in [0, 0.1) is 25.2 Å². The predicted octanol–water partition coefficient (Wildman–Crippen LogP) is 3.37. The summed E-state index contributed by atoms with van der Waals surface area (Å²) in [6, 6.07) is 8.64. The molecule has 2 aromatic rings. The van der Waals surface area contributed by atoms with Gasteiger partial charge in [-0.25, -0.2) is 4.98 Å². The monoisotopic (exact) mass is 253 g/mol. The van der Waals surface area contributed by atoms with Crippen molar-refractivity contribution in [2.24, 2.45) is 0 Å². The number of rotatable bonds is 3. The molecule has 0 aliphatic heterocycles. The molecule has 0 saturated carbocycles. The highest BCUT2D eigenvalue weighted by molar-refractivity contribution is 5.87. The number of anilines is 1. The normalized spacial score (nSPS) is 10.5. The van der Waals surface area contributed by atoms with Crippen molar-refractivity contribution in [3.63, 3.8) is 0 Å². The van der Waals surface area contributed by atoms with E-state index in [1.54, 1.807) is 0 Å². The highest BCUT2D eigenvalue weighted by atomic mass is 15.1. The van der Waals surface area contributed by atoms with E-state index in [1.807, 2.05) is 19.0 Å². The van der Waals surface area contributed by atoms with E-state index in [1.165, 1.54) is 16.5 Å². The molecule has 0 aliphatic carbocycles. The molecule has 0 fully saturated rings. The number of nitriles is 1. The molecule has 0 spiro atoms. The van der Waals surface area contributed by atoms with Crippen molar-refractivity contribution >= 4 is 16.7 Å². The standard InChI is InChI=1S/C16H19N3/c1-11-7-8-12(2)15-14(11)10-13(6-5-9-17)16(18-15)19(3)4/h7-8,10H,5-6H2,1-4H3. The van der Waals surface area contributed by atoms with E-state index < -0.39 is 0 Å². The summed E-state index contributed by atoms with van der Waals surface area (Å²) < 4.78 is 0. The molecule has 0 unspecified atom stereocenters. The third kappa shape index (κ3) is 2.53. The van der Waals surface area contributed by atoms with Crippen LogP contribution < -0.4 is 4.90 Å². The SMILES string of the molecule is Cc1ccc(C)c2nc(N(C)C)c(CCC#N)cc12. The number of aromatic nitrogens is 1. The summed E-state index contributed by atoms with van der Waals surface area (Å²) in [6.07, 6.45) is 1.28. The Kier molecular flexibility index (Phi) is 3.71. The molecule has 0 saturated heterocycles. The molecule has 2 rings (SSSR count). The summed E-state index contributed by atoms with van der Waals surface area (Å²) in [5.74, 6) is 0.969. The Morgan fingerprint density at radius 3 is 2.53 bits per heavy atom. The molecule has 1 heterocycles. The van der Waals surface area contributed by atoms with Crippen LogP contribution in [0.4, 0.5) is 5.82 Å². The van der Waals surface area contributed by atoms with E-state index >= 15 is 0 Å². The molecule has 1 aromatic heterocycles. The Bertz CT molecular complexity index is 651. The van der Waals surface area contributed by atoms with E-state index in [2.05, 4.69) is 38.1 Å². The van der Waals surface area contributed by atoms with Gasteiger partial charge >= 0.3 is 0 Å². The van der Waals surface area contributed by atoms with Crippen LogP contribution in [0.3, 0.4) is 0 Å². The van der Waals surface area contributed by atoms with Crippen LogP contribution in [0.15, 0.2) is 18.2 Å². The van der Waals surface area contributed by atoms with Gasteiger partial charge in [0, 0.05) is 25.9 Å². The molecule has 1 aromatic carbocycles. The van der Waals surface area contributed by atoms with E-state index in [4.69, 9.17) is 10.2 Å². The Morgan fingerprint density at radius 2 is 1.89 bits per heavy atom. The molecule has 3 nitrogen and oxygen atoms in total. The van der Waals surface area contributed by atoms with Gasteiger partial charge in [-0.3, -0.25) is 0 Å². The van der Waals surface area contributed by atoms with Crippen LogP contribution >= 0.6 is 0 Å². The van der Waals surface area contributed by atoms with Crippen molar-refractivity contribution in [1.29, 1.82) is 5.26 Å². The number of pyridine rings is 1. The summed E-state index contributed by atoms with van der Waals surface area (Å²) in [4.78, 5) is 6.83. The molecule has 0 N–H and O–H groups in total. The zero-order valence-corrected chi connectivity index (χ0v) is 12.0. The molecule has 98 valence electrons. The third-order valence-electron chi connectivity index (χ3n) is 3.39. The molecule has 0 amide bonds. The zero-order valence-electron chi connectivity index (χ0n) is 12.0. The first-order valence-corrected chi connectivity index (χ1v) is 6.48. The highest BCUT2D eigenvalue weighted by Crippen LogP contribution is 2.27. The van der Waals surface area contributed by atoms with Gasteiger partial charge in [0.1, 0.15) is 5.82 Å². The van der Waals surface area contributed by atoms with E-state index in [0.717, 1.165) is 23.3 Å². The van der Waals surface area contributed by atoms with Crippen molar-refractivity contribution in [2.75, 3.05) is 19.0 Å². The van der Waals surface area contributed by atoms with Crippen molar-refractivity contribution in [3.8, 4) is 6.07 Å². The Morgan fingerprint density at radius 1 is 1.21 bits per heavy atom. The van der Waals surface area contributed by atoms with Crippen molar-refractivity contribution in [1.82, 2.24) is 4.98 Å². The maximum absolute atomic E-state index is 8.79. The first-order chi connectivity index (χ1) is 9.04. The second-order valence-corrected chi connectivity index (χ2v) is 5.12. The summed E-state index contributed by atoms with van der Waals surface area (Å²) in [5, 5.41) is 9.98. The zero-order chi connectivity index (χ0) is 14.0. The number of fused-ring (bicyclic) bond motifs is 1. The molecular formula is C16H19N3. The molecular weight excluding hydrogens is 234 g/mol. The molecule has 0 atom stereocenters. The Labute approximate surface area is 114 Å². The van der Waals surface area contributed by atoms with Crippen LogP contribution in [0.2, 0.25) is 0 Å². The average Bonchev–Trinajstić information content (AvgIpc) is 2.39. The van der Waals surface area contributed by atoms with Gasteiger partial charge in [-0.1, -0.05) is 12.1 Å². The smallest absolute Gasteiger partial charge is 0.132 e. The topological polar surface area (TPSA) is 39.9 Å². The third-order valence-corrected chi connectivity index (χ3v) is 3.39. The quantitative estimate of drug-likeness (QED) is 0.842. The maximum atomic E-state index is 8.79. The van der Waals surface area contributed by atoms with Crippen molar-refractivity contribution < 1.29 is 0 Å². The van der Waals surface area contributed by atoms with Crippen LogP contribution in [0.5, 0.6) is 0 Å². The van der Waals surface area contributed by atoms with Crippen molar-refractivity contribution in [2.45, 2.75) is 26.7 Å². The van der Waals surface area contributed by atoms with E-state index in [0.29, 0.717) is 6.42 Å². The molecule has 19 heavy (non-hydrogen) atoms. The summed E-state index contributed by atoms with van der Waals surface area (Å²) >= 11 is 0. The second kappa shape index (κ2) is 5.27. The summed E-state index contributed by atoms with van der Waals surface area (Å²) in [5.41, 5.74) is 4.63. The largest absolute Gasteiger partial charge is 0.362 e. The minimum absolute atomic E-state index is 0.527. The molecule has 3 heteroatoms. The highest BCUT2D eigenvalue weighted by Gasteiger charge is 2.11. The number of aryl methyl sites for hydroxylation is 3. The van der Waals surface area contributed by atoms with Gasteiger partial charge < -0.3 is 4.90 Å². The van der Waals surface area contributed by atoms with E-state index in [9.17, 15) is 0 Å². The lowest BCUT2D eigenvalue weighted by Gasteiger charge is -2.18. The predicted molar refractivity (Wildman–Crippen MR) is 79.5 cm³/mol. The van der Waals surface area contributed by atoms with Crippen molar-refractivity contribution in [3.05, 3.63) is 34.9 Å². The fourth-order valence-electron chi connectivity index (χ4n) is 2.33. The van der Waals surface area contributed by atoms with Gasteiger partial charge in [0.05, 0.1) is 11.6 Å². The van der Waals surface area contributed by atoms with E-state index in [-0.39, 0.29) is 0 Å². The van der Waals surface area contributed by atoms with Gasteiger partial charge in [-0.05, 0) is 43.0 Å². The van der Waals surface area contributed by atoms with Crippen LogP contribution in [-0.4, -0.2) is 19.1 Å². The number of benzene rings is 1. The Hall–Kier alpha value is -2.08. The van der Waals surface area contributed by atoms with Gasteiger partial charge in [0.2, 0.25) is 0 Å². The fourth-order valence-corrected chi connectivity index (χ4v) is 2.33. The van der Waals surface area contributed by atoms with Gasteiger partial charge in [0.25, 0.3) is 0 Å². The Balaban J connectivity index is 2.70.